The number of rotatable bonds is 9. The number of halogens is 1. The third-order valence-corrected chi connectivity index (χ3v) is 6.72. The van der Waals surface area contributed by atoms with Gasteiger partial charge < -0.3 is 10.2 Å². The smallest absolute Gasteiger partial charge is 0.243 e. The second kappa shape index (κ2) is 12.3. The van der Waals surface area contributed by atoms with Crippen LogP contribution in [0.3, 0.4) is 0 Å². The van der Waals surface area contributed by atoms with Crippen molar-refractivity contribution in [2.75, 3.05) is 0 Å². The molecule has 0 radical (unpaired) electrons. The van der Waals surface area contributed by atoms with Crippen LogP contribution < -0.4 is 5.32 Å². The normalized spacial score (nSPS) is 14.8. The Balaban J connectivity index is 1.64. The fraction of sp³-hybridized carbons (Fsp3) is 0.333. The molecule has 1 fully saturated rings. The number of nitrogens with one attached hydrogen (secondary N) is 1. The molecule has 1 N–H and O–H groups in total. The van der Waals surface area contributed by atoms with Crippen LogP contribution in [0.15, 0.2) is 84.9 Å². The highest BCUT2D eigenvalue weighted by molar-refractivity contribution is 5.89. The second-order valence-corrected chi connectivity index (χ2v) is 9.32. The standard InChI is InChI=1S/C30H33FN2O2/c31-27-19-11-10-16-25(27)21-29(34)33(22-24-14-6-2-7-15-24)28(20-23-12-4-1-5-13-23)30(35)32-26-17-8-3-9-18-26/h1-2,4-7,10-16,19,26,28H,3,8-9,17-18,20-22H2,(H,32,35)/t28-/m0/s1. The minimum atomic E-state index is -0.696. The number of nitrogens with zero attached hydrogens (tertiary/aromatic N) is 1. The summed E-state index contributed by atoms with van der Waals surface area (Å²) in [6.07, 6.45) is 5.64. The Kier molecular flexibility index (Phi) is 8.66. The lowest BCUT2D eigenvalue weighted by Crippen LogP contribution is -2.53. The molecule has 182 valence electrons. The van der Waals surface area contributed by atoms with Gasteiger partial charge in [0.05, 0.1) is 6.42 Å². The summed E-state index contributed by atoms with van der Waals surface area (Å²) in [5.41, 5.74) is 2.24. The second-order valence-electron chi connectivity index (χ2n) is 9.32. The molecule has 0 spiro atoms. The van der Waals surface area contributed by atoms with Gasteiger partial charge in [0.15, 0.2) is 0 Å². The van der Waals surface area contributed by atoms with Crippen molar-refractivity contribution in [2.24, 2.45) is 0 Å². The summed E-state index contributed by atoms with van der Waals surface area (Å²) >= 11 is 0. The number of carbonyl (C=O) groups is 2. The number of benzene rings is 3. The van der Waals surface area contributed by atoms with Gasteiger partial charge in [-0.15, -0.1) is 0 Å². The van der Waals surface area contributed by atoms with Gasteiger partial charge in [0.25, 0.3) is 0 Å². The largest absolute Gasteiger partial charge is 0.352 e. The molecular formula is C30H33FN2O2. The molecule has 4 rings (SSSR count). The molecule has 4 nitrogen and oxygen atoms in total. The van der Waals surface area contributed by atoms with Crippen LogP contribution in [0.2, 0.25) is 0 Å². The first-order valence-corrected chi connectivity index (χ1v) is 12.5. The van der Waals surface area contributed by atoms with Crippen LogP contribution in [0, 0.1) is 5.82 Å². The quantitative estimate of drug-likeness (QED) is 0.450. The number of hydrogen-bond donors (Lipinski definition) is 1. The zero-order chi connectivity index (χ0) is 24.5. The zero-order valence-corrected chi connectivity index (χ0v) is 20.0. The third kappa shape index (κ3) is 7.01. The molecular weight excluding hydrogens is 439 g/mol. The minimum absolute atomic E-state index is 0.0957. The predicted molar refractivity (Wildman–Crippen MR) is 136 cm³/mol. The molecule has 0 saturated heterocycles. The average Bonchev–Trinajstić information content (AvgIpc) is 2.89. The molecule has 5 heteroatoms. The van der Waals surface area contributed by atoms with E-state index in [1.165, 1.54) is 12.5 Å². The van der Waals surface area contributed by atoms with Gasteiger partial charge in [-0.2, -0.15) is 0 Å². The van der Waals surface area contributed by atoms with Crippen LogP contribution in [0.4, 0.5) is 4.39 Å². The van der Waals surface area contributed by atoms with Gasteiger partial charge in [0, 0.05) is 19.0 Å². The lowest BCUT2D eigenvalue weighted by Gasteiger charge is -2.33. The number of amides is 2. The van der Waals surface area contributed by atoms with Gasteiger partial charge in [-0.05, 0) is 35.6 Å². The van der Waals surface area contributed by atoms with E-state index < -0.39 is 11.9 Å². The highest BCUT2D eigenvalue weighted by Gasteiger charge is 2.32. The Bertz CT molecular complexity index is 1100. The number of carbonyl (C=O) groups excluding carboxylic acids is 2. The highest BCUT2D eigenvalue weighted by Crippen LogP contribution is 2.20. The molecule has 2 amide bonds. The first kappa shape index (κ1) is 24.6. The summed E-state index contributed by atoms with van der Waals surface area (Å²) in [7, 11) is 0. The Labute approximate surface area is 207 Å². The van der Waals surface area contributed by atoms with E-state index in [1.807, 2.05) is 60.7 Å². The molecule has 1 atom stereocenters. The van der Waals surface area contributed by atoms with E-state index >= 15 is 0 Å². The van der Waals surface area contributed by atoms with Crippen molar-refractivity contribution in [1.82, 2.24) is 10.2 Å². The highest BCUT2D eigenvalue weighted by atomic mass is 19.1. The summed E-state index contributed by atoms with van der Waals surface area (Å²) in [6, 6.07) is 25.2. The Hall–Kier alpha value is -3.47. The molecule has 3 aromatic carbocycles. The van der Waals surface area contributed by atoms with Crippen molar-refractivity contribution in [3.05, 3.63) is 107 Å². The SMILES string of the molecule is O=C(NC1CCCCC1)[C@H](Cc1ccccc1)N(Cc1ccccc1)C(=O)Cc1ccccc1F. The first-order chi connectivity index (χ1) is 17.1. The molecule has 0 bridgehead atoms. The van der Waals surface area contributed by atoms with Crippen LogP contribution in [0.1, 0.15) is 48.8 Å². The summed E-state index contributed by atoms with van der Waals surface area (Å²) in [4.78, 5) is 29.0. The minimum Gasteiger partial charge on any atom is -0.352 e. The van der Waals surface area contributed by atoms with Crippen LogP contribution in [-0.4, -0.2) is 28.8 Å². The van der Waals surface area contributed by atoms with Gasteiger partial charge in [0.2, 0.25) is 11.8 Å². The fourth-order valence-corrected chi connectivity index (χ4v) is 4.78. The maximum atomic E-state index is 14.4. The Morgan fingerprint density at radius 2 is 1.43 bits per heavy atom. The monoisotopic (exact) mass is 472 g/mol. The maximum Gasteiger partial charge on any atom is 0.243 e. The lowest BCUT2D eigenvalue weighted by molar-refractivity contribution is -0.141. The molecule has 35 heavy (non-hydrogen) atoms. The summed E-state index contributed by atoms with van der Waals surface area (Å²) in [5, 5.41) is 3.23. The molecule has 1 aliphatic carbocycles. The predicted octanol–water partition coefficient (Wildman–Crippen LogP) is 5.46. The molecule has 1 aliphatic rings. The van der Waals surface area contributed by atoms with E-state index in [0.717, 1.165) is 36.8 Å². The van der Waals surface area contributed by atoms with E-state index in [1.54, 1.807) is 23.1 Å². The van der Waals surface area contributed by atoms with Crippen LogP contribution in [0.5, 0.6) is 0 Å². The molecule has 0 aliphatic heterocycles. The van der Waals surface area contributed by atoms with E-state index in [4.69, 9.17) is 0 Å². The van der Waals surface area contributed by atoms with Crippen molar-refractivity contribution >= 4 is 11.8 Å². The third-order valence-electron chi connectivity index (χ3n) is 6.72. The van der Waals surface area contributed by atoms with Gasteiger partial charge in [-0.1, -0.05) is 98.1 Å². The summed E-state index contributed by atoms with van der Waals surface area (Å²) in [6.45, 7) is 0.281. The van der Waals surface area contributed by atoms with Gasteiger partial charge in [-0.25, -0.2) is 4.39 Å². The molecule has 1 saturated carbocycles. The zero-order valence-electron chi connectivity index (χ0n) is 20.0. The van der Waals surface area contributed by atoms with Crippen LogP contribution >= 0.6 is 0 Å². The van der Waals surface area contributed by atoms with Crippen LogP contribution in [-0.2, 0) is 29.0 Å². The van der Waals surface area contributed by atoms with Gasteiger partial charge >= 0.3 is 0 Å². The molecule has 3 aromatic rings. The van der Waals surface area contributed by atoms with E-state index in [0.29, 0.717) is 12.0 Å². The molecule has 0 aromatic heterocycles. The van der Waals surface area contributed by atoms with Crippen molar-refractivity contribution in [1.29, 1.82) is 0 Å². The van der Waals surface area contributed by atoms with E-state index in [9.17, 15) is 14.0 Å². The molecule has 0 unspecified atom stereocenters. The van der Waals surface area contributed by atoms with E-state index in [2.05, 4.69) is 5.32 Å². The van der Waals surface area contributed by atoms with Gasteiger partial charge in [-0.3, -0.25) is 9.59 Å². The number of hydrogen-bond acceptors (Lipinski definition) is 2. The van der Waals surface area contributed by atoms with Crippen molar-refractivity contribution in [2.45, 2.75) is 63.6 Å². The topological polar surface area (TPSA) is 49.4 Å². The van der Waals surface area contributed by atoms with Gasteiger partial charge in [0.1, 0.15) is 11.9 Å². The van der Waals surface area contributed by atoms with Crippen molar-refractivity contribution in [3.63, 3.8) is 0 Å². The fourth-order valence-electron chi connectivity index (χ4n) is 4.78. The summed E-state index contributed by atoms with van der Waals surface area (Å²) < 4.78 is 14.4. The lowest BCUT2D eigenvalue weighted by atomic mass is 9.94. The first-order valence-electron chi connectivity index (χ1n) is 12.5. The molecule has 0 heterocycles. The maximum absolute atomic E-state index is 14.4. The van der Waals surface area contributed by atoms with Crippen molar-refractivity contribution < 1.29 is 14.0 Å². The van der Waals surface area contributed by atoms with Crippen LogP contribution in [0.25, 0.3) is 0 Å². The average molecular weight is 473 g/mol. The summed E-state index contributed by atoms with van der Waals surface area (Å²) in [5.74, 6) is -0.816. The van der Waals surface area contributed by atoms with E-state index in [-0.39, 0.29) is 30.8 Å². The Morgan fingerprint density at radius 3 is 2.09 bits per heavy atom. The Morgan fingerprint density at radius 1 is 0.829 bits per heavy atom. The van der Waals surface area contributed by atoms with Crippen molar-refractivity contribution in [3.8, 4) is 0 Å².